The van der Waals surface area contributed by atoms with Crippen LogP contribution in [0.1, 0.15) is 46.1 Å². The summed E-state index contributed by atoms with van der Waals surface area (Å²) < 4.78 is 5.87. The lowest BCUT2D eigenvalue weighted by molar-refractivity contribution is -0.384. The Hall–Kier alpha value is -3.92. The molecule has 1 aliphatic rings. The van der Waals surface area contributed by atoms with Gasteiger partial charge in [-0.3, -0.25) is 24.6 Å². The summed E-state index contributed by atoms with van der Waals surface area (Å²) in [4.78, 5) is 38.9. The molecule has 4 aromatic rings. The number of hydrogen-bond donors (Lipinski definition) is 0. The van der Waals surface area contributed by atoms with Crippen molar-refractivity contribution in [1.29, 1.82) is 0 Å². The third-order valence-electron chi connectivity index (χ3n) is 5.32. The Labute approximate surface area is 185 Å². The number of rotatable bonds is 5. The molecule has 0 bridgehead atoms. The zero-order valence-corrected chi connectivity index (χ0v) is 17.7. The molecular weight excluding hydrogens is 432 g/mol. The number of fused-ring (bicyclic) bond motifs is 2. The Bertz CT molecular complexity index is 1430. The molecule has 1 atom stereocenters. The van der Waals surface area contributed by atoms with E-state index in [0.717, 1.165) is 17.8 Å². The highest BCUT2D eigenvalue weighted by Crippen LogP contribution is 2.42. The monoisotopic (exact) mass is 448 g/mol. The summed E-state index contributed by atoms with van der Waals surface area (Å²) >= 11 is 1.28. The lowest BCUT2D eigenvalue weighted by Gasteiger charge is -2.21. The number of nitro groups is 1. The molecule has 10 heteroatoms. The Morgan fingerprint density at radius 2 is 1.88 bits per heavy atom. The van der Waals surface area contributed by atoms with Crippen LogP contribution < -0.4 is 10.3 Å². The average Bonchev–Trinajstić information content (AvgIpc) is 3.37. The van der Waals surface area contributed by atoms with Crippen molar-refractivity contribution < 1.29 is 14.1 Å². The fraction of sp³-hybridized carbons (Fsp3) is 0.182. The number of nitro benzene ring substituents is 1. The highest BCUT2D eigenvalue weighted by atomic mass is 32.1. The fourth-order valence-electron chi connectivity index (χ4n) is 3.87. The van der Waals surface area contributed by atoms with Crippen molar-refractivity contribution in [3.63, 3.8) is 0 Å². The van der Waals surface area contributed by atoms with Crippen LogP contribution in [0.2, 0.25) is 0 Å². The molecule has 9 nitrogen and oxygen atoms in total. The minimum Gasteiger partial charge on any atom is -0.450 e. The largest absolute Gasteiger partial charge is 0.450 e. The fourth-order valence-corrected chi connectivity index (χ4v) is 4.83. The predicted molar refractivity (Wildman–Crippen MR) is 118 cm³/mol. The van der Waals surface area contributed by atoms with E-state index in [4.69, 9.17) is 4.42 Å². The normalized spacial score (nSPS) is 15.3. The Morgan fingerprint density at radius 1 is 1.12 bits per heavy atom. The van der Waals surface area contributed by atoms with Gasteiger partial charge in [0.25, 0.3) is 11.6 Å². The highest BCUT2D eigenvalue weighted by molar-refractivity contribution is 7.15. The van der Waals surface area contributed by atoms with Crippen molar-refractivity contribution >= 4 is 39.0 Å². The topological polar surface area (TPSA) is 119 Å². The summed E-state index contributed by atoms with van der Waals surface area (Å²) in [6.07, 6.45) is 1.59. The molecule has 0 saturated carbocycles. The number of anilines is 1. The van der Waals surface area contributed by atoms with E-state index < -0.39 is 16.9 Å². The number of nitrogens with zero attached hydrogens (tertiary/aromatic N) is 4. The van der Waals surface area contributed by atoms with E-state index in [1.807, 2.05) is 6.92 Å². The average molecular weight is 448 g/mol. The van der Waals surface area contributed by atoms with Crippen LogP contribution in [0.5, 0.6) is 0 Å². The van der Waals surface area contributed by atoms with Gasteiger partial charge in [-0.05, 0) is 36.2 Å². The molecule has 32 heavy (non-hydrogen) atoms. The lowest BCUT2D eigenvalue weighted by Crippen LogP contribution is -2.29. The molecule has 2 aromatic carbocycles. The van der Waals surface area contributed by atoms with E-state index in [2.05, 4.69) is 10.2 Å². The van der Waals surface area contributed by atoms with E-state index in [1.54, 1.807) is 36.4 Å². The number of carbonyl (C=O) groups excluding carboxylic acids is 1. The van der Waals surface area contributed by atoms with Crippen molar-refractivity contribution in [1.82, 2.24) is 10.2 Å². The number of para-hydroxylation sites is 1. The minimum absolute atomic E-state index is 0.0516. The maximum atomic E-state index is 13.4. The molecule has 0 N–H and O–H groups in total. The third-order valence-corrected chi connectivity index (χ3v) is 6.31. The smallest absolute Gasteiger partial charge is 0.297 e. The summed E-state index contributed by atoms with van der Waals surface area (Å²) in [5.41, 5.74) is 0.640. The second-order valence-electron chi connectivity index (χ2n) is 7.32. The molecule has 0 fully saturated rings. The first kappa shape index (κ1) is 20.0. The number of aryl methyl sites for hydroxylation is 1. The van der Waals surface area contributed by atoms with Gasteiger partial charge in [0.2, 0.25) is 10.9 Å². The predicted octanol–water partition coefficient (Wildman–Crippen LogP) is 4.26. The van der Waals surface area contributed by atoms with Crippen LogP contribution >= 0.6 is 11.3 Å². The maximum absolute atomic E-state index is 13.4. The van der Waals surface area contributed by atoms with Crippen molar-refractivity contribution in [2.24, 2.45) is 0 Å². The highest BCUT2D eigenvalue weighted by Gasteiger charge is 2.45. The zero-order valence-electron chi connectivity index (χ0n) is 16.8. The molecule has 160 valence electrons. The molecule has 0 saturated heterocycles. The Morgan fingerprint density at radius 3 is 2.59 bits per heavy atom. The third kappa shape index (κ3) is 3.07. The number of amides is 1. The maximum Gasteiger partial charge on any atom is 0.297 e. The summed E-state index contributed by atoms with van der Waals surface area (Å²) in [6, 6.07) is 11.7. The first-order chi connectivity index (χ1) is 15.5. The van der Waals surface area contributed by atoms with Crippen LogP contribution in [0, 0.1) is 10.1 Å². The van der Waals surface area contributed by atoms with Gasteiger partial charge in [-0.1, -0.05) is 30.4 Å². The minimum atomic E-state index is -0.832. The first-order valence-electron chi connectivity index (χ1n) is 9.95. The molecule has 0 aliphatic carbocycles. The standard InChI is InChI=1S/C22H16N4O5S/c1-2-5-16-23-24-22(32-16)25-18(12-8-10-13(11-9-12)26(29)30)17-19(27)14-6-3-4-7-15(14)31-20(17)21(25)28/h3-4,6-11,18H,2,5H2,1H3. The van der Waals surface area contributed by atoms with E-state index >= 15 is 0 Å². The van der Waals surface area contributed by atoms with E-state index in [1.165, 1.54) is 28.4 Å². The summed E-state index contributed by atoms with van der Waals surface area (Å²) in [7, 11) is 0. The van der Waals surface area contributed by atoms with E-state index in [9.17, 15) is 19.7 Å². The van der Waals surface area contributed by atoms with Gasteiger partial charge in [0.05, 0.1) is 21.9 Å². The van der Waals surface area contributed by atoms with Crippen LogP contribution in [0.15, 0.2) is 57.7 Å². The molecule has 3 heterocycles. The molecular formula is C22H16N4O5S. The quantitative estimate of drug-likeness (QED) is 0.330. The van der Waals surface area contributed by atoms with Crippen molar-refractivity contribution in [2.45, 2.75) is 25.8 Å². The lowest BCUT2D eigenvalue weighted by atomic mass is 9.98. The van der Waals surface area contributed by atoms with Gasteiger partial charge in [-0.25, -0.2) is 0 Å². The van der Waals surface area contributed by atoms with Gasteiger partial charge in [0, 0.05) is 18.6 Å². The Kier molecular flexibility index (Phi) is 4.78. The summed E-state index contributed by atoms with van der Waals surface area (Å²) in [6.45, 7) is 2.02. The van der Waals surface area contributed by atoms with Gasteiger partial charge in [-0.15, -0.1) is 10.2 Å². The zero-order chi connectivity index (χ0) is 22.4. The first-order valence-corrected chi connectivity index (χ1v) is 10.8. The van der Waals surface area contributed by atoms with Gasteiger partial charge in [0.1, 0.15) is 10.6 Å². The second kappa shape index (κ2) is 7.65. The van der Waals surface area contributed by atoms with Gasteiger partial charge in [0.15, 0.2) is 5.43 Å². The van der Waals surface area contributed by atoms with Crippen molar-refractivity contribution in [3.05, 3.63) is 90.8 Å². The number of benzene rings is 2. The molecule has 0 radical (unpaired) electrons. The summed E-state index contributed by atoms with van der Waals surface area (Å²) in [5.74, 6) is -0.547. The molecule has 1 unspecified atom stereocenters. The number of non-ortho nitro benzene ring substituents is 1. The van der Waals surface area contributed by atoms with Crippen LogP contribution in [0.4, 0.5) is 10.8 Å². The number of hydrogen-bond acceptors (Lipinski definition) is 8. The SMILES string of the molecule is CCCc1nnc(N2C(=O)c3oc4ccccc4c(=O)c3C2c2ccc([N+](=O)[O-])cc2)s1. The van der Waals surface area contributed by atoms with Crippen molar-refractivity contribution in [3.8, 4) is 0 Å². The van der Waals surface area contributed by atoms with Crippen LogP contribution in [-0.4, -0.2) is 21.0 Å². The van der Waals surface area contributed by atoms with E-state index in [0.29, 0.717) is 21.7 Å². The van der Waals surface area contributed by atoms with Crippen LogP contribution in [0.3, 0.4) is 0 Å². The Balaban J connectivity index is 1.74. The molecule has 5 rings (SSSR count). The van der Waals surface area contributed by atoms with Crippen LogP contribution in [0.25, 0.3) is 11.0 Å². The molecule has 1 amide bonds. The van der Waals surface area contributed by atoms with Crippen LogP contribution in [-0.2, 0) is 6.42 Å². The summed E-state index contributed by atoms with van der Waals surface area (Å²) in [5, 5.41) is 20.9. The van der Waals surface area contributed by atoms with Gasteiger partial charge >= 0.3 is 0 Å². The van der Waals surface area contributed by atoms with E-state index in [-0.39, 0.29) is 22.4 Å². The molecule has 1 aliphatic heterocycles. The number of carbonyl (C=O) groups is 1. The van der Waals surface area contributed by atoms with Crippen molar-refractivity contribution in [2.75, 3.05) is 4.90 Å². The van der Waals surface area contributed by atoms with Gasteiger partial charge < -0.3 is 4.42 Å². The molecule has 0 spiro atoms. The second-order valence-corrected chi connectivity index (χ2v) is 8.37. The number of aromatic nitrogens is 2. The van der Waals surface area contributed by atoms with Gasteiger partial charge in [-0.2, -0.15) is 0 Å². The molecule has 2 aromatic heterocycles.